The predicted molar refractivity (Wildman–Crippen MR) is 105 cm³/mol. The molecule has 1 amide bonds. The lowest BCUT2D eigenvalue weighted by Gasteiger charge is -2.26. The lowest BCUT2D eigenvalue weighted by atomic mass is 10.0. The molecule has 0 unspecified atom stereocenters. The summed E-state index contributed by atoms with van der Waals surface area (Å²) < 4.78 is 11.5. The summed E-state index contributed by atoms with van der Waals surface area (Å²) in [6.07, 6.45) is 0.753. The van der Waals surface area contributed by atoms with Crippen molar-refractivity contribution in [2.45, 2.75) is 12.5 Å². The first kappa shape index (κ1) is 17.2. The smallest absolute Gasteiger partial charge is 0.258 e. The fourth-order valence-corrected chi connectivity index (χ4v) is 3.32. The van der Waals surface area contributed by atoms with Crippen molar-refractivity contribution in [3.63, 3.8) is 0 Å². The summed E-state index contributed by atoms with van der Waals surface area (Å²) in [4.78, 5) is 12.5. The first-order chi connectivity index (χ1) is 13.3. The first-order valence-corrected chi connectivity index (χ1v) is 9.09. The van der Waals surface area contributed by atoms with Crippen LogP contribution in [0.25, 0.3) is 11.1 Å². The summed E-state index contributed by atoms with van der Waals surface area (Å²) in [5.41, 5.74) is 3.05. The lowest BCUT2D eigenvalue weighted by Crippen LogP contribution is -2.35. The molecule has 3 aromatic rings. The molecule has 1 N–H and O–H groups in total. The summed E-state index contributed by atoms with van der Waals surface area (Å²) in [6, 6.07) is 25.5. The van der Waals surface area contributed by atoms with E-state index in [1.165, 1.54) is 0 Å². The summed E-state index contributed by atoms with van der Waals surface area (Å²) in [5.74, 6) is 1.40. The Morgan fingerprint density at radius 2 is 1.70 bits per heavy atom. The molecule has 0 spiro atoms. The van der Waals surface area contributed by atoms with Crippen LogP contribution in [0, 0.1) is 0 Å². The highest BCUT2D eigenvalue weighted by molar-refractivity contribution is 5.79. The fourth-order valence-electron chi connectivity index (χ4n) is 3.32. The molecule has 1 atom stereocenters. The average molecular weight is 359 g/mol. The molecule has 0 saturated heterocycles. The number of hydrogen-bond acceptors (Lipinski definition) is 3. The maximum atomic E-state index is 12.5. The molecule has 27 heavy (non-hydrogen) atoms. The predicted octanol–water partition coefficient (Wildman–Crippen LogP) is 4.37. The summed E-state index contributed by atoms with van der Waals surface area (Å²) in [6.45, 7) is 0.572. The second-order valence-electron chi connectivity index (χ2n) is 6.45. The first-order valence-electron chi connectivity index (χ1n) is 9.09. The molecule has 0 aliphatic carbocycles. The minimum atomic E-state index is -0.139. The van der Waals surface area contributed by atoms with E-state index in [2.05, 4.69) is 5.32 Å². The highest BCUT2D eigenvalue weighted by Gasteiger charge is 2.22. The van der Waals surface area contributed by atoms with Crippen LogP contribution < -0.4 is 14.8 Å². The van der Waals surface area contributed by atoms with E-state index in [4.69, 9.17) is 9.47 Å². The maximum absolute atomic E-state index is 12.5. The van der Waals surface area contributed by atoms with Gasteiger partial charge in [-0.2, -0.15) is 0 Å². The van der Waals surface area contributed by atoms with Crippen molar-refractivity contribution >= 4 is 5.91 Å². The standard InChI is InChI=1S/C23H21NO3/c25-23(24-20-14-15-26-22-13-7-5-11-19(20)22)16-27-21-12-6-4-10-18(21)17-8-2-1-3-9-17/h1-13,20H,14-16H2,(H,24,25)/t20-/m1/s1. The van der Waals surface area contributed by atoms with Gasteiger partial charge in [-0.3, -0.25) is 4.79 Å². The number of fused-ring (bicyclic) bond motifs is 1. The minimum Gasteiger partial charge on any atom is -0.493 e. The zero-order valence-corrected chi connectivity index (χ0v) is 14.9. The van der Waals surface area contributed by atoms with Gasteiger partial charge in [0.25, 0.3) is 5.91 Å². The molecule has 0 saturated carbocycles. The van der Waals surface area contributed by atoms with E-state index in [9.17, 15) is 4.79 Å². The highest BCUT2D eigenvalue weighted by atomic mass is 16.5. The Morgan fingerprint density at radius 3 is 2.59 bits per heavy atom. The minimum absolute atomic E-state index is 0.0244. The van der Waals surface area contributed by atoms with Crippen LogP contribution in [0.4, 0.5) is 0 Å². The molecule has 1 heterocycles. The maximum Gasteiger partial charge on any atom is 0.258 e. The zero-order chi connectivity index (χ0) is 18.5. The number of carbonyl (C=O) groups excluding carboxylic acids is 1. The van der Waals surface area contributed by atoms with Crippen LogP contribution in [0.3, 0.4) is 0 Å². The number of hydrogen-bond donors (Lipinski definition) is 1. The van der Waals surface area contributed by atoms with Gasteiger partial charge in [0.15, 0.2) is 6.61 Å². The molecular weight excluding hydrogens is 338 g/mol. The van der Waals surface area contributed by atoms with Crippen molar-refractivity contribution in [2.24, 2.45) is 0 Å². The molecular formula is C23H21NO3. The van der Waals surface area contributed by atoms with Crippen molar-refractivity contribution in [3.8, 4) is 22.6 Å². The van der Waals surface area contributed by atoms with E-state index >= 15 is 0 Å². The monoisotopic (exact) mass is 359 g/mol. The van der Waals surface area contributed by atoms with Gasteiger partial charge in [0, 0.05) is 17.5 Å². The van der Waals surface area contributed by atoms with E-state index < -0.39 is 0 Å². The summed E-state index contributed by atoms with van der Waals surface area (Å²) in [7, 11) is 0. The molecule has 136 valence electrons. The van der Waals surface area contributed by atoms with Gasteiger partial charge < -0.3 is 14.8 Å². The van der Waals surface area contributed by atoms with Crippen LogP contribution in [0.5, 0.6) is 11.5 Å². The van der Waals surface area contributed by atoms with Gasteiger partial charge in [0.1, 0.15) is 11.5 Å². The van der Waals surface area contributed by atoms with Crippen LogP contribution in [-0.4, -0.2) is 19.1 Å². The summed E-state index contributed by atoms with van der Waals surface area (Å²) >= 11 is 0. The highest BCUT2D eigenvalue weighted by Crippen LogP contribution is 2.32. The molecule has 0 aromatic heterocycles. The van der Waals surface area contributed by atoms with E-state index in [1.54, 1.807) is 0 Å². The van der Waals surface area contributed by atoms with Crippen LogP contribution in [-0.2, 0) is 4.79 Å². The number of benzene rings is 3. The Balaban J connectivity index is 1.43. The van der Waals surface area contributed by atoms with E-state index in [-0.39, 0.29) is 18.6 Å². The number of amides is 1. The average Bonchev–Trinajstić information content (AvgIpc) is 2.73. The van der Waals surface area contributed by atoms with Crippen molar-refractivity contribution < 1.29 is 14.3 Å². The number of ether oxygens (including phenoxy) is 2. The number of carbonyl (C=O) groups is 1. The largest absolute Gasteiger partial charge is 0.493 e. The quantitative estimate of drug-likeness (QED) is 0.736. The molecule has 1 aliphatic heterocycles. The van der Waals surface area contributed by atoms with E-state index in [1.807, 2.05) is 78.9 Å². The molecule has 0 radical (unpaired) electrons. The third-order valence-electron chi connectivity index (χ3n) is 4.62. The van der Waals surface area contributed by atoms with E-state index in [0.717, 1.165) is 28.9 Å². The van der Waals surface area contributed by atoms with Crippen LogP contribution in [0.1, 0.15) is 18.0 Å². The van der Waals surface area contributed by atoms with Crippen molar-refractivity contribution in [1.82, 2.24) is 5.32 Å². The third-order valence-corrected chi connectivity index (χ3v) is 4.62. The summed E-state index contributed by atoms with van der Waals surface area (Å²) in [5, 5.41) is 3.06. The van der Waals surface area contributed by atoms with Gasteiger partial charge >= 0.3 is 0 Å². The SMILES string of the molecule is O=C(COc1ccccc1-c1ccccc1)N[C@@H]1CCOc2ccccc21. The van der Waals surface area contributed by atoms with Crippen molar-refractivity contribution in [2.75, 3.05) is 13.2 Å². The van der Waals surface area contributed by atoms with Gasteiger partial charge in [-0.15, -0.1) is 0 Å². The molecule has 0 fully saturated rings. The van der Waals surface area contributed by atoms with Crippen molar-refractivity contribution in [1.29, 1.82) is 0 Å². The normalized spacial score (nSPS) is 15.3. The Morgan fingerprint density at radius 1 is 0.963 bits per heavy atom. The Hall–Kier alpha value is -3.27. The third kappa shape index (κ3) is 3.95. The molecule has 4 heteroatoms. The number of rotatable bonds is 5. The molecule has 0 bridgehead atoms. The van der Waals surface area contributed by atoms with Gasteiger partial charge in [-0.1, -0.05) is 66.7 Å². The Bertz CT molecular complexity index is 924. The number of para-hydroxylation sites is 2. The second kappa shape index (κ2) is 7.96. The van der Waals surface area contributed by atoms with Gasteiger partial charge in [-0.05, 0) is 17.7 Å². The molecule has 4 nitrogen and oxygen atoms in total. The van der Waals surface area contributed by atoms with Crippen LogP contribution >= 0.6 is 0 Å². The van der Waals surface area contributed by atoms with Gasteiger partial charge in [0.05, 0.1) is 12.6 Å². The lowest BCUT2D eigenvalue weighted by molar-refractivity contribution is -0.124. The Kier molecular flexibility index (Phi) is 5.06. The van der Waals surface area contributed by atoms with Gasteiger partial charge in [0.2, 0.25) is 0 Å². The van der Waals surface area contributed by atoms with E-state index in [0.29, 0.717) is 12.4 Å². The van der Waals surface area contributed by atoms with Gasteiger partial charge in [-0.25, -0.2) is 0 Å². The molecule has 1 aliphatic rings. The zero-order valence-electron chi connectivity index (χ0n) is 14.9. The van der Waals surface area contributed by atoms with Crippen LogP contribution in [0.15, 0.2) is 78.9 Å². The fraction of sp³-hybridized carbons (Fsp3) is 0.174. The molecule has 4 rings (SSSR count). The van der Waals surface area contributed by atoms with Crippen molar-refractivity contribution in [3.05, 3.63) is 84.4 Å². The topological polar surface area (TPSA) is 47.6 Å². The number of nitrogens with one attached hydrogen (secondary N) is 1. The second-order valence-corrected chi connectivity index (χ2v) is 6.45. The Labute approximate surface area is 158 Å². The van der Waals surface area contributed by atoms with Crippen LogP contribution in [0.2, 0.25) is 0 Å². The molecule has 3 aromatic carbocycles.